The van der Waals surface area contributed by atoms with E-state index in [4.69, 9.17) is 33.7 Å². The first kappa shape index (κ1) is 16.8. The summed E-state index contributed by atoms with van der Waals surface area (Å²) in [5, 5.41) is 2.24. The number of hydrogen-bond donors (Lipinski definition) is 2. The van der Waals surface area contributed by atoms with E-state index in [1.54, 1.807) is 24.4 Å². The number of aromatic nitrogens is 2. The number of pyridine rings is 1. The van der Waals surface area contributed by atoms with Crippen molar-refractivity contribution in [2.24, 2.45) is 0 Å². The van der Waals surface area contributed by atoms with Crippen molar-refractivity contribution in [1.82, 2.24) is 9.97 Å². The van der Waals surface area contributed by atoms with Crippen LogP contribution in [0, 0.1) is 0 Å². The van der Waals surface area contributed by atoms with Gasteiger partial charge in [0.25, 0.3) is 0 Å². The molecular formula is C20H15Cl2N3O. The number of hydrogen-bond acceptors (Lipinski definition) is 3. The lowest BCUT2D eigenvalue weighted by Crippen LogP contribution is -2.02. The van der Waals surface area contributed by atoms with Crippen LogP contribution in [0.3, 0.4) is 0 Å². The van der Waals surface area contributed by atoms with Crippen molar-refractivity contribution < 1.29 is 4.74 Å². The molecule has 0 aliphatic rings. The van der Waals surface area contributed by atoms with Crippen LogP contribution in [0.15, 0.2) is 60.9 Å². The zero-order valence-electron chi connectivity index (χ0n) is 13.7. The lowest BCUT2D eigenvalue weighted by molar-refractivity contribution is 0.307. The Kier molecular flexibility index (Phi) is 4.45. The van der Waals surface area contributed by atoms with Gasteiger partial charge >= 0.3 is 0 Å². The van der Waals surface area contributed by atoms with E-state index in [0.29, 0.717) is 21.6 Å². The van der Waals surface area contributed by atoms with Gasteiger partial charge in [-0.2, -0.15) is 0 Å². The Morgan fingerprint density at radius 1 is 1.00 bits per heavy atom. The molecule has 130 valence electrons. The van der Waals surface area contributed by atoms with E-state index in [-0.39, 0.29) is 6.61 Å². The minimum Gasteiger partial charge on any atom is -0.485 e. The molecule has 0 saturated heterocycles. The summed E-state index contributed by atoms with van der Waals surface area (Å²) >= 11 is 12.4. The normalized spacial score (nSPS) is 11.0. The summed E-state index contributed by atoms with van der Waals surface area (Å²) < 4.78 is 5.86. The molecule has 0 fully saturated rings. The Morgan fingerprint density at radius 2 is 1.81 bits per heavy atom. The lowest BCUT2D eigenvalue weighted by Gasteiger charge is -2.12. The second-order valence-corrected chi connectivity index (χ2v) is 6.69. The number of H-pyrrole nitrogens is 1. The van der Waals surface area contributed by atoms with Crippen molar-refractivity contribution in [3.05, 3.63) is 76.5 Å². The summed E-state index contributed by atoms with van der Waals surface area (Å²) in [6.45, 7) is 0.213. The van der Waals surface area contributed by atoms with Crippen LogP contribution in [0.2, 0.25) is 10.0 Å². The predicted octanol–water partition coefficient (Wildman–Crippen LogP) is 5.70. The first-order valence-corrected chi connectivity index (χ1v) is 8.76. The molecule has 0 atom stereocenters. The van der Waals surface area contributed by atoms with E-state index in [1.807, 2.05) is 30.5 Å². The number of nitrogen functional groups attached to an aromatic ring is 1. The second-order valence-electron chi connectivity index (χ2n) is 5.88. The van der Waals surface area contributed by atoms with E-state index in [1.165, 1.54) is 0 Å². The minimum atomic E-state index is 0.213. The van der Waals surface area contributed by atoms with Gasteiger partial charge in [0.15, 0.2) is 11.6 Å². The Labute approximate surface area is 160 Å². The van der Waals surface area contributed by atoms with Crippen molar-refractivity contribution in [3.63, 3.8) is 0 Å². The number of ether oxygens (including phenoxy) is 1. The van der Waals surface area contributed by atoms with Gasteiger partial charge in [-0.05, 0) is 47.3 Å². The van der Waals surface area contributed by atoms with Crippen molar-refractivity contribution in [1.29, 1.82) is 0 Å². The molecule has 0 bridgehead atoms. The molecule has 0 aliphatic heterocycles. The van der Waals surface area contributed by atoms with E-state index in [0.717, 1.165) is 27.6 Å². The van der Waals surface area contributed by atoms with Crippen LogP contribution in [-0.2, 0) is 6.61 Å². The molecule has 2 aromatic heterocycles. The van der Waals surface area contributed by atoms with Gasteiger partial charge in [0, 0.05) is 39.1 Å². The molecule has 0 unspecified atom stereocenters. The average Bonchev–Trinajstić information content (AvgIpc) is 3.10. The summed E-state index contributed by atoms with van der Waals surface area (Å²) in [5.41, 5.74) is 9.73. The number of nitrogens with one attached hydrogen (secondary N) is 1. The topological polar surface area (TPSA) is 63.9 Å². The molecule has 4 nitrogen and oxygen atoms in total. The number of rotatable bonds is 4. The maximum Gasteiger partial charge on any atom is 0.166 e. The van der Waals surface area contributed by atoms with E-state index in [2.05, 4.69) is 16.0 Å². The summed E-state index contributed by atoms with van der Waals surface area (Å²) in [6, 6.07) is 15.4. The number of nitrogens with two attached hydrogens (primary N) is 1. The monoisotopic (exact) mass is 383 g/mol. The predicted molar refractivity (Wildman–Crippen MR) is 107 cm³/mol. The van der Waals surface area contributed by atoms with Gasteiger partial charge in [0.1, 0.15) is 6.61 Å². The van der Waals surface area contributed by atoms with Crippen LogP contribution < -0.4 is 10.5 Å². The largest absolute Gasteiger partial charge is 0.485 e. The number of nitrogens with zero attached hydrogens (tertiary/aromatic N) is 1. The Hall–Kier alpha value is -2.69. The highest BCUT2D eigenvalue weighted by atomic mass is 35.5. The molecule has 2 aromatic carbocycles. The molecule has 0 spiro atoms. The molecule has 4 rings (SSSR count). The molecule has 2 heterocycles. The molecule has 0 amide bonds. The van der Waals surface area contributed by atoms with Gasteiger partial charge < -0.3 is 15.5 Å². The average molecular weight is 384 g/mol. The first-order valence-electron chi connectivity index (χ1n) is 8.00. The highest BCUT2D eigenvalue weighted by molar-refractivity contribution is 6.35. The van der Waals surface area contributed by atoms with Gasteiger partial charge in [0.2, 0.25) is 0 Å². The molecule has 4 aromatic rings. The third-order valence-electron chi connectivity index (χ3n) is 4.20. The third kappa shape index (κ3) is 3.21. The highest BCUT2D eigenvalue weighted by Gasteiger charge is 2.10. The Morgan fingerprint density at radius 3 is 2.62 bits per heavy atom. The zero-order chi connectivity index (χ0) is 18.1. The fourth-order valence-electron chi connectivity index (χ4n) is 2.78. The van der Waals surface area contributed by atoms with Crippen LogP contribution >= 0.6 is 23.2 Å². The van der Waals surface area contributed by atoms with Crippen molar-refractivity contribution >= 4 is 39.9 Å². The van der Waals surface area contributed by atoms with Gasteiger partial charge in [-0.3, -0.25) is 0 Å². The molecular weight excluding hydrogens is 369 g/mol. The quantitative estimate of drug-likeness (QED) is 0.475. The van der Waals surface area contributed by atoms with E-state index < -0.39 is 0 Å². The van der Waals surface area contributed by atoms with E-state index in [9.17, 15) is 0 Å². The molecule has 0 aliphatic carbocycles. The molecule has 6 heteroatoms. The van der Waals surface area contributed by atoms with Crippen LogP contribution in [0.1, 0.15) is 5.56 Å². The summed E-state index contributed by atoms with van der Waals surface area (Å²) in [4.78, 5) is 7.44. The van der Waals surface area contributed by atoms with Gasteiger partial charge in [-0.1, -0.05) is 35.3 Å². The number of benzene rings is 2. The SMILES string of the molecule is Nc1ncc(-c2ccc3[nH]ccc3c2)cc1OCc1c(Cl)cccc1Cl. The minimum absolute atomic E-state index is 0.213. The first-order chi connectivity index (χ1) is 12.6. The second kappa shape index (κ2) is 6.90. The van der Waals surface area contributed by atoms with Crippen LogP contribution in [0.25, 0.3) is 22.0 Å². The smallest absolute Gasteiger partial charge is 0.166 e. The maximum atomic E-state index is 6.19. The number of fused-ring (bicyclic) bond motifs is 1. The van der Waals surface area contributed by atoms with Crippen molar-refractivity contribution in [2.75, 3.05) is 5.73 Å². The van der Waals surface area contributed by atoms with Gasteiger partial charge in [0.05, 0.1) is 0 Å². The lowest BCUT2D eigenvalue weighted by atomic mass is 10.1. The van der Waals surface area contributed by atoms with Crippen LogP contribution in [0.4, 0.5) is 5.82 Å². The van der Waals surface area contributed by atoms with Gasteiger partial charge in [-0.25, -0.2) is 4.98 Å². The molecule has 3 N–H and O–H groups in total. The molecule has 0 saturated carbocycles. The fraction of sp³-hybridized carbons (Fsp3) is 0.0500. The van der Waals surface area contributed by atoms with Gasteiger partial charge in [-0.15, -0.1) is 0 Å². The van der Waals surface area contributed by atoms with Crippen molar-refractivity contribution in [3.8, 4) is 16.9 Å². The number of aromatic amines is 1. The zero-order valence-corrected chi connectivity index (χ0v) is 15.2. The van der Waals surface area contributed by atoms with E-state index >= 15 is 0 Å². The van der Waals surface area contributed by atoms with Crippen LogP contribution in [0.5, 0.6) is 5.75 Å². The highest BCUT2D eigenvalue weighted by Crippen LogP contribution is 2.31. The van der Waals surface area contributed by atoms with Crippen molar-refractivity contribution in [2.45, 2.75) is 6.61 Å². The fourth-order valence-corrected chi connectivity index (χ4v) is 3.29. The summed E-state index contributed by atoms with van der Waals surface area (Å²) in [6.07, 6.45) is 3.65. The number of halogens is 2. The summed E-state index contributed by atoms with van der Waals surface area (Å²) in [5.74, 6) is 0.812. The third-order valence-corrected chi connectivity index (χ3v) is 4.91. The Balaban J connectivity index is 1.64. The van der Waals surface area contributed by atoms with Crippen LogP contribution in [-0.4, -0.2) is 9.97 Å². The maximum absolute atomic E-state index is 6.19. The Bertz CT molecular complexity index is 1070. The molecule has 0 radical (unpaired) electrons. The number of anilines is 1. The molecule has 26 heavy (non-hydrogen) atoms. The standard InChI is InChI=1S/C20H15Cl2N3O/c21-16-2-1-3-17(22)15(16)11-26-19-9-14(10-25-20(19)23)12-4-5-18-13(8-12)6-7-24-18/h1-10,24H,11H2,(H2,23,25). The summed E-state index contributed by atoms with van der Waals surface area (Å²) in [7, 11) is 0.